The molecule has 0 aliphatic heterocycles. The summed E-state index contributed by atoms with van der Waals surface area (Å²) in [5, 5.41) is 11.2. The van der Waals surface area contributed by atoms with Crippen LogP contribution in [0.3, 0.4) is 0 Å². The number of halogens is 3. The second-order valence-corrected chi connectivity index (χ2v) is 3.91. The molecule has 16 heavy (non-hydrogen) atoms. The van der Waals surface area contributed by atoms with Crippen LogP contribution < -0.4 is 5.73 Å². The van der Waals surface area contributed by atoms with Crippen molar-refractivity contribution in [2.45, 2.75) is 25.9 Å². The number of rotatable bonds is 6. The molecular formula is C9H18F3N3O. The largest absolute Gasteiger partial charge is 0.409 e. The molecule has 1 unspecified atom stereocenters. The maximum atomic E-state index is 11.9. The van der Waals surface area contributed by atoms with Gasteiger partial charge in [0.1, 0.15) is 5.84 Å². The molecule has 0 radical (unpaired) electrons. The van der Waals surface area contributed by atoms with E-state index in [0.29, 0.717) is 13.1 Å². The van der Waals surface area contributed by atoms with Gasteiger partial charge >= 0.3 is 6.18 Å². The maximum absolute atomic E-state index is 11.9. The zero-order chi connectivity index (χ0) is 12.8. The van der Waals surface area contributed by atoms with Crippen molar-refractivity contribution in [3.05, 3.63) is 0 Å². The van der Waals surface area contributed by atoms with Gasteiger partial charge in [-0.05, 0) is 20.0 Å². The highest BCUT2D eigenvalue weighted by atomic mass is 19.4. The lowest BCUT2D eigenvalue weighted by Gasteiger charge is -2.20. The molecule has 0 aromatic rings. The first-order chi connectivity index (χ1) is 7.26. The Morgan fingerprint density at radius 2 is 2.06 bits per heavy atom. The smallest absolute Gasteiger partial charge is 0.389 e. The number of nitrogens with two attached hydrogens (primary N) is 1. The number of alkyl halides is 3. The molecule has 0 bridgehead atoms. The van der Waals surface area contributed by atoms with Gasteiger partial charge in [-0.25, -0.2) is 0 Å². The molecule has 0 heterocycles. The van der Waals surface area contributed by atoms with Gasteiger partial charge in [0.2, 0.25) is 0 Å². The molecule has 0 saturated carbocycles. The van der Waals surface area contributed by atoms with Gasteiger partial charge in [0.15, 0.2) is 0 Å². The van der Waals surface area contributed by atoms with Gasteiger partial charge in [0.25, 0.3) is 0 Å². The Balaban J connectivity index is 3.79. The van der Waals surface area contributed by atoms with Gasteiger partial charge in [-0.2, -0.15) is 13.2 Å². The van der Waals surface area contributed by atoms with Gasteiger partial charge in [-0.1, -0.05) is 12.1 Å². The molecule has 0 aliphatic rings. The van der Waals surface area contributed by atoms with E-state index in [0.717, 1.165) is 0 Å². The van der Waals surface area contributed by atoms with Crippen molar-refractivity contribution in [3.8, 4) is 0 Å². The first-order valence-electron chi connectivity index (χ1n) is 4.99. The van der Waals surface area contributed by atoms with Crippen molar-refractivity contribution < 1.29 is 18.4 Å². The summed E-state index contributed by atoms with van der Waals surface area (Å²) in [5.41, 5.74) is 5.36. The standard InChI is InChI=1S/C9H18F3N3O/c1-7(8(13)14-16)6-15(2)5-3-4-9(10,11)12/h7,16H,3-6H2,1-2H3,(H2,13,14). The molecule has 3 N–H and O–H groups in total. The Morgan fingerprint density at radius 3 is 2.50 bits per heavy atom. The average molecular weight is 241 g/mol. The summed E-state index contributed by atoms with van der Waals surface area (Å²) in [6, 6.07) is 0. The van der Waals surface area contributed by atoms with Gasteiger partial charge in [-0.3, -0.25) is 0 Å². The fraction of sp³-hybridized carbons (Fsp3) is 0.889. The van der Waals surface area contributed by atoms with Gasteiger partial charge in [0.05, 0.1) is 0 Å². The van der Waals surface area contributed by atoms with E-state index in [-0.39, 0.29) is 18.2 Å². The highest BCUT2D eigenvalue weighted by Crippen LogP contribution is 2.21. The summed E-state index contributed by atoms with van der Waals surface area (Å²) >= 11 is 0. The molecule has 1 atom stereocenters. The van der Waals surface area contributed by atoms with Crippen molar-refractivity contribution in [2.24, 2.45) is 16.8 Å². The summed E-state index contributed by atoms with van der Waals surface area (Å²) in [7, 11) is 1.71. The maximum Gasteiger partial charge on any atom is 0.389 e. The average Bonchev–Trinajstić information content (AvgIpc) is 2.14. The minimum atomic E-state index is -4.10. The molecule has 7 heteroatoms. The summed E-state index contributed by atoms with van der Waals surface area (Å²) < 4.78 is 35.6. The van der Waals surface area contributed by atoms with Crippen LogP contribution in [0.2, 0.25) is 0 Å². The number of hydrogen-bond acceptors (Lipinski definition) is 3. The highest BCUT2D eigenvalue weighted by Gasteiger charge is 2.26. The number of oxime groups is 1. The van der Waals surface area contributed by atoms with E-state index in [2.05, 4.69) is 5.16 Å². The van der Waals surface area contributed by atoms with Crippen molar-refractivity contribution in [2.75, 3.05) is 20.1 Å². The highest BCUT2D eigenvalue weighted by molar-refractivity contribution is 5.82. The van der Waals surface area contributed by atoms with Crippen LogP contribution in [0, 0.1) is 5.92 Å². The lowest BCUT2D eigenvalue weighted by molar-refractivity contribution is -0.136. The van der Waals surface area contributed by atoms with Crippen molar-refractivity contribution in [1.82, 2.24) is 4.90 Å². The third kappa shape index (κ3) is 7.33. The second kappa shape index (κ2) is 6.57. The minimum absolute atomic E-state index is 0.0584. The van der Waals surface area contributed by atoms with Crippen molar-refractivity contribution >= 4 is 5.84 Å². The topological polar surface area (TPSA) is 61.8 Å². The Hall–Kier alpha value is -0.980. The number of nitrogens with zero attached hydrogens (tertiary/aromatic N) is 2. The van der Waals surface area contributed by atoms with Crippen LogP contribution in [0.15, 0.2) is 5.16 Å². The molecule has 0 rings (SSSR count). The first kappa shape index (κ1) is 15.0. The summed E-state index contributed by atoms with van der Waals surface area (Å²) in [6.45, 7) is 2.55. The van der Waals surface area contributed by atoms with Crippen LogP contribution in [-0.4, -0.2) is 42.3 Å². The summed E-state index contributed by atoms with van der Waals surface area (Å²) in [5.74, 6) is -0.0939. The SMILES string of the molecule is CC(CN(C)CCCC(F)(F)F)C(N)=NO. The lowest BCUT2D eigenvalue weighted by Crippen LogP contribution is -2.33. The Labute approximate surface area is 92.9 Å². The molecule has 0 aliphatic carbocycles. The first-order valence-corrected chi connectivity index (χ1v) is 4.99. The van der Waals surface area contributed by atoms with Crippen LogP contribution in [0.5, 0.6) is 0 Å². The van der Waals surface area contributed by atoms with Crippen LogP contribution in [0.4, 0.5) is 13.2 Å². The molecule has 0 aromatic carbocycles. The van der Waals surface area contributed by atoms with Crippen LogP contribution in [0.1, 0.15) is 19.8 Å². The van der Waals surface area contributed by atoms with E-state index in [9.17, 15) is 13.2 Å². The summed E-state index contributed by atoms with van der Waals surface area (Å²) in [4.78, 5) is 1.73. The monoisotopic (exact) mass is 241 g/mol. The van der Waals surface area contributed by atoms with E-state index >= 15 is 0 Å². The van der Waals surface area contributed by atoms with E-state index in [1.807, 2.05) is 0 Å². The van der Waals surface area contributed by atoms with Gasteiger partial charge in [-0.15, -0.1) is 0 Å². The van der Waals surface area contributed by atoms with Crippen molar-refractivity contribution in [3.63, 3.8) is 0 Å². The van der Waals surface area contributed by atoms with Gasteiger partial charge in [0, 0.05) is 18.9 Å². The molecular weight excluding hydrogens is 223 g/mol. The Morgan fingerprint density at radius 1 is 1.50 bits per heavy atom. The van der Waals surface area contributed by atoms with E-state index in [4.69, 9.17) is 10.9 Å². The van der Waals surface area contributed by atoms with E-state index in [1.165, 1.54) is 0 Å². The molecule has 0 amide bonds. The fourth-order valence-electron chi connectivity index (χ4n) is 1.30. The van der Waals surface area contributed by atoms with Crippen molar-refractivity contribution in [1.29, 1.82) is 0 Å². The zero-order valence-electron chi connectivity index (χ0n) is 9.46. The Bertz CT molecular complexity index is 231. The predicted molar refractivity (Wildman–Crippen MR) is 55.4 cm³/mol. The van der Waals surface area contributed by atoms with Crippen LogP contribution >= 0.6 is 0 Å². The molecule has 4 nitrogen and oxygen atoms in total. The van der Waals surface area contributed by atoms with Gasteiger partial charge < -0.3 is 15.8 Å². The summed E-state index contributed by atoms with van der Waals surface area (Å²) in [6.07, 6.45) is -4.82. The molecule has 96 valence electrons. The van der Waals surface area contributed by atoms with E-state index in [1.54, 1.807) is 18.9 Å². The minimum Gasteiger partial charge on any atom is -0.409 e. The van der Waals surface area contributed by atoms with E-state index < -0.39 is 12.6 Å². The number of amidine groups is 1. The third-order valence-electron chi connectivity index (χ3n) is 2.21. The predicted octanol–water partition coefficient (Wildman–Crippen LogP) is 1.64. The van der Waals surface area contributed by atoms with Crippen LogP contribution in [0.25, 0.3) is 0 Å². The quantitative estimate of drug-likeness (QED) is 0.321. The molecule has 0 saturated heterocycles. The Kier molecular flexibility index (Phi) is 6.17. The second-order valence-electron chi connectivity index (χ2n) is 3.91. The number of hydrogen-bond donors (Lipinski definition) is 2. The zero-order valence-corrected chi connectivity index (χ0v) is 9.46. The van der Waals surface area contributed by atoms with Crippen LogP contribution in [-0.2, 0) is 0 Å². The third-order valence-corrected chi connectivity index (χ3v) is 2.21. The molecule has 0 fully saturated rings. The normalized spacial score (nSPS) is 15.5. The lowest BCUT2D eigenvalue weighted by atomic mass is 10.1. The fourth-order valence-corrected chi connectivity index (χ4v) is 1.30. The molecule has 0 aromatic heterocycles. The molecule has 0 spiro atoms.